The Kier molecular flexibility index (Phi) is 5.46. The van der Waals surface area contributed by atoms with Gasteiger partial charge in [-0.05, 0) is 32.6 Å². The van der Waals surface area contributed by atoms with Crippen LogP contribution in [0.25, 0.3) is 0 Å². The van der Waals surface area contributed by atoms with Gasteiger partial charge in [0.15, 0.2) is 0 Å². The quantitative estimate of drug-likeness (QED) is 0.850. The van der Waals surface area contributed by atoms with Crippen molar-refractivity contribution in [3.05, 3.63) is 0 Å². The van der Waals surface area contributed by atoms with Crippen LogP contribution in [0, 0.1) is 5.92 Å². The Balaban J connectivity index is 2.00. The summed E-state index contributed by atoms with van der Waals surface area (Å²) in [4.78, 5) is 5.23. The van der Waals surface area contributed by atoms with Crippen LogP contribution in [0.4, 0.5) is 0 Å². The molecule has 0 amide bonds. The maximum Gasteiger partial charge on any atom is 0.0616 e. The largest absolute Gasteiger partial charge is 0.378 e. The Morgan fingerprint density at radius 3 is 2.30 bits per heavy atom. The van der Waals surface area contributed by atoms with Crippen LogP contribution in [-0.4, -0.2) is 66.8 Å². The monoisotopic (exact) mass is 283 g/mol. The molecule has 0 aromatic carbocycles. The summed E-state index contributed by atoms with van der Waals surface area (Å²) in [5.41, 5.74) is 6.39. The van der Waals surface area contributed by atoms with Gasteiger partial charge in [0, 0.05) is 50.9 Å². The average Bonchev–Trinajstić information content (AvgIpc) is 2.47. The average molecular weight is 283 g/mol. The Morgan fingerprint density at radius 1 is 1.15 bits per heavy atom. The summed E-state index contributed by atoms with van der Waals surface area (Å²) in [6, 6.07) is 0.657. The molecule has 0 aromatic rings. The molecule has 2 fully saturated rings. The van der Waals surface area contributed by atoms with Gasteiger partial charge in [0.05, 0.1) is 6.10 Å². The van der Waals surface area contributed by atoms with Crippen LogP contribution in [0.5, 0.6) is 0 Å². The summed E-state index contributed by atoms with van der Waals surface area (Å²) in [7, 11) is 0. The van der Waals surface area contributed by atoms with Crippen molar-refractivity contribution in [1.82, 2.24) is 9.80 Å². The van der Waals surface area contributed by atoms with Crippen molar-refractivity contribution in [2.75, 3.05) is 39.3 Å². The first kappa shape index (κ1) is 16.2. The van der Waals surface area contributed by atoms with E-state index in [9.17, 15) is 0 Å². The lowest BCUT2D eigenvalue weighted by atomic mass is 9.81. The van der Waals surface area contributed by atoms with Crippen molar-refractivity contribution in [2.24, 2.45) is 11.7 Å². The molecule has 0 radical (unpaired) electrons. The van der Waals surface area contributed by atoms with E-state index in [2.05, 4.69) is 37.5 Å². The lowest BCUT2D eigenvalue weighted by Gasteiger charge is -2.52. The third-order valence-corrected chi connectivity index (χ3v) is 5.32. The van der Waals surface area contributed by atoms with Crippen molar-refractivity contribution in [3.8, 4) is 0 Å². The molecule has 2 N–H and O–H groups in total. The molecule has 4 nitrogen and oxygen atoms in total. The smallest absolute Gasteiger partial charge is 0.0616 e. The summed E-state index contributed by atoms with van der Waals surface area (Å²) in [5.74, 6) is 0.582. The molecule has 0 bridgehead atoms. The fourth-order valence-electron chi connectivity index (χ4n) is 3.68. The highest BCUT2D eigenvalue weighted by Crippen LogP contribution is 2.33. The second-order valence-electron chi connectivity index (χ2n) is 7.15. The number of hydrogen-bond acceptors (Lipinski definition) is 4. The van der Waals surface area contributed by atoms with Crippen LogP contribution in [0.1, 0.15) is 40.5 Å². The van der Waals surface area contributed by atoms with Crippen molar-refractivity contribution < 1.29 is 4.74 Å². The van der Waals surface area contributed by atoms with Crippen molar-refractivity contribution in [1.29, 1.82) is 0 Å². The van der Waals surface area contributed by atoms with E-state index in [1.807, 2.05) is 0 Å². The Morgan fingerprint density at radius 2 is 1.80 bits per heavy atom. The van der Waals surface area contributed by atoms with Gasteiger partial charge >= 0.3 is 0 Å². The number of ether oxygens (including phenoxy) is 1. The normalized spacial score (nSPS) is 34.0. The van der Waals surface area contributed by atoms with Crippen molar-refractivity contribution in [2.45, 2.75) is 58.2 Å². The molecular formula is C16H33N3O. The molecule has 118 valence electrons. The summed E-state index contributed by atoms with van der Waals surface area (Å²) in [6.07, 6.45) is 2.56. The molecule has 4 heteroatoms. The van der Waals surface area contributed by atoms with Gasteiger partial charge in [-0.25, -0.2) is 0 Å². The molecule has 2 aliphatic rings. The third-order valence-electron chi connectivity index (χ3n) is 5.32. The molecule has 0 aromatic heterocycles. The van der Waals surface area contributed by atoms with Crippen molar-refractivity contribution >= 4 is 0 Å². The number of rotatable bonds is 4. The minimum atomic E-state index is 0.177. The Labute approximate surface area is 124 Å². The highest BCUT2D eigenvalue weighted by atomic mass is 16.5. The molecule has 20 heavy (non-hydrogen) atoms. The zero-order chi connectivity index (χ0) is 14.8. The van der Waals surface area contributed by atoms with Crippen LogP contribution in [-0.2, 0) is 4.74 Å². The molecule has 2 saturated heterocycles. The van der Waals surface area contributed by atoms with Crippen LogP contribution in [0.3, 0.4) is 0 Å². The Bertz CT molecular complexity index is 300. The molecular weight excluding hydrogens is 250 g/mol. The maximum atomic E-state index is 6.22. The Hall–Kier alpha value is -0.160. The molecule has 2 aliphatic heterocycles. The molecule has 2 heterocycles. The van der Waals surface area contributed by atoms with Crippen LogP contribution >= 0.6 is 0 Å². The van der Waals surface area contributed by atoms with E-state index in [4.69, 9.17) is 10.5 Å². The van der Waals surface area contributed by atoms with E-state index in [1.54, 1.807) is 0 Å². The fourth-order valence-corrected chi connectivity index (χ4v) is 3.68. The number of nitrogens with two attached hydrogens (primary N) is 1. The van der Waals surface area contributed by atoms with Crippen LogP contribution in [0.2, 0.25) is 0 Å². The van der Waals surface area contributed by atoms with E-state index in [1.165, 1.54) is 13.1 Å². The second-order valence-corrected chi connectivity index (χ2v) is 7.15. The van der Waals surface area contributed by atoms with Gasteiger partial charge in [-0.1, -0.05) is 13.8 Å². The first-order chi connectivity index (χ1) is 9.48. The third kappa shape index (κ3) is 3.35. The second kappa shape index (κ2) is 6.73. The number of nitrogens with zero attached hydrogens (tertiary/aromatic N) is 2. The molecule has 0 saturated carbocycles. The predicted molar refractivity (Wildman–Crippen MR) is 83.9 cm³/mol. The summed E-state index contributed by atoms with van der Waals surface area (Å²) < 4.78 is 5.95. The lowest BCUT2D eigenvalue weighted by Crippen LogP contribution is -2.64. The first-order valence-electron chi connectivity index (χ1n) is 8.29. The van der Waals surface area contributed by atoms with E-state index in [0.29, 0.717) is 18.1 Å². The maximum absolute atomic E-state index is 6.22. The summed E-state index contributed by atoms with van der Waals surface area (Å²) in [6.45, 7) is 15.4. The number of hydrogen-bond donors (Lipinski definition) is 1. The highest BCUT2D eigenvalue weighted by molar-refractivity contribution is 4.98. The molecule has 0 spiro atoms. The molecule has 2 unspecified atom stereocenters. The van der Waals surface area contributed by atoms with Gasteiger partial charge in [-0.2, -0.15) is 0 Å². The first-order valence-corrected chi connectivity index (χ1v) is 8.29. The standard InChI is InChI=1S/C16H33N3O/c1-13(2)15-11-16(12-17,5-10-20-15)19-8-6-18(7-9-19)14(3)4/h13-15H,5-12,17H2,1-4H3. The molecule has 0 aliphatic carbocycles. The molecule has 2 rings (SSSR count). The van der Waals surface area contributed by atoms with Gasteiger partial charge in [0.1, 0.15) is 0 Å². The van der Waals surface area contributed by atoms with Gasteiger partial charge in [0.25, 0.3) is 0 Å². The number of piperazine rings is 1. The predicted octanol–water partition coefficient (Wildman–Crippen LogP) is 1.54. The topological polar surface area (TPSA) is 41.7 Å². The van der Waals surface area contributed by atoms with E-state index < -0.39 is 0 Å². The van der Waals surface area contributed by atoms with E-state index in [0.717, 1.165) is 39.1 Å². The summed E-state index contributed by atoms with van der Waals surface area (Å²) >= 11 is 0. The minimum Gasteiger partial charge on any atom is -0.378 e. The minimum absolute atomic E-state index is 0.177. The zero-order valence-corrected chi connectivity index (χ0v) is 13.8. The highest BCUT2D eigenvalue weighted by Gasteiger charge is 2.42. The van der Waals surface area contributed by atoms with Crippen molar-refractivity contribution in [3.63, 3.8) is 0 Å². The molecule has 2 atom stereocenters. The summed E-state index contributed by atoms with van der Waals surface area (Å²) in [5, 5.41) is 0. The lowest BCUT2D eigenvalue weighted by molar-refractivity contribution is -0.0974. The van der Waals surface area contributed by atoms with E-state index in [-0.39, 0.29) is 5.54 Å². The van der Waals surface area contributed by atoms with Gasteiger partial charge in [-0.3, -0.25) is 9.80 Å². The van der Waals surface area contributed by atoms with E-state index >= 15 is 0 Å². The van der Waals surface area contributed by atoms with Gasteiger partial charge < -0.3 is 10.5 Å². The van der Waals surface area contributed by atoms with Crippen LogP contribution in [0.15, 0.2) is 0 Å². The fraction of sp³-hybridized carbons (Fsp3) is 1.00. The van der Waals surface area contributed by atoms with Crippen LogP contribution < -0.4 is 5.73 Å². The SMILES string of the molecule is CC(C)C1CC(CN)(N2CCN(C(C)C)CC2)CCO1. The van der Waals surface area contributed by atoms with Gasteiger partial charge in [-0.15, -0.1) is 0 Å². The van der Waals surface area contributed by atoms with Gasteiger partial charge in [0.2, 0.25) is 0 Å². The zero-order valence-electron chi connectivity index (χ0n) is 13.8.